The zero-order chi connectivity index (χ0) is 13.2. The van der Waals surface area contributed by atoms with Crippen LogP contribution in [0, 0.1) is 0 Å². The van der Waals surface area contributed by atoms with Crippen molar-refractivity contribution in [2.24, 2.45) is 0 Å². The van der Waals surface area contributed by atoms with Gasteiger partial charge in [-0.2, -0.15) is 0 Å². The third-order valence-corrected chi connectivity index (χ3v) is 3.78. The number of methoxy groups -OCH3 is 1. The maximum atomic E-state index is 4.96. The Hall–Kier alpha value is 0.0600. The van der Waals surface area contributed by atoms with Gasteiger partial charge in [0.25, 0.3) is 0 Å². The minimum atomic E-state index is 0.776. The predicted molar refractivity (Wildman–Crippen MR) is 82.9 cm³/mol. The Morgan fingerprint density at radius 2 is 1.89 bits per heavy atom. The number of halogens is 2. The lowest BCUT2D eigenvalue weighted by Crippen LogP contribution is -2.24. The highest BCUT2D eigenvalue weighted by Crippen LogP contribution is 2.21. The van der Waals surface area contributed by atoms with Crippen LogP contribution < -0.4 is 10.6 Å². The molecule has 0 spiro atoms. The molecular formula is C13H20Br2N2O. The van der Waals surface area contributed by atoms with Crippen LogP contribution in [0.25, 0.3) is 0 Å². The van der Waals surface area contributed by atoms with Crippen molar-refractivity contribution in [3.8, 4) is 0 Å². The molecule has 102 valence electrons. The molecule has 1 rings (SSSR count). The molecule has 1 aromatic rings. The average Bonchev–Trinajstić information content (AvgIpc) is 2.36. The number of rotatable bonds is 9. The van der Waals surface area contributed by atoms with Crippen LogP contribution >= 0.6 is 31.9 Å². The van der Waals surface area contributed by atoms with E-state index in [1.54, 1.807) is 7.11 Å². The fraction of sp³-hybridized carbons (Fsp3) is 0.538. The summed E-state index contributed by atoms with van der Waals surface area (Å²) >= 11 is 7.04. The van der Waals surface area contributed by atoms with Crippen LogP contribution in [0.1, 0.15) is 12.0 Å². The van der Waals surface area contributed by atoms with Crippen molar-refractivity contribution in [3.05, 3.63) is 32.7 Å². The number of benzene rings is 1. The van der Waals surface area contributed by atoms with Crippen molar-refractivity contribution in [1.29, 1.82) is 0 Å². The number of nitrogens with one attached hydrogen (secondary N) is 2. The van der Waals surface area contributed by atoms with Crippen LogP contribution in [0.5, 0.6) is 0 Å². The van der Waals surface area contributed by atoms with Crippen molar-refractivity contribution in [3.63, 3.8) is 0 Å². The molecule has 0 bridgehead atoms. The van der Waals surface area contributed by atoms with E-state index in [1.165, 1.54) is 5.56 Å². The molecule has 1 aromatic carbocycles. The van der Waals surface area contributed by atoms with E-state index in [1.807, 2.05) is 6.07 Å². The molecule has 0 aromatic heterocycles. The van der Waals surface area contributed by atoms with Crippen LogP contribution in [0.2, 0.25) is 0 Å². The van der Waals surface area contributed by atoms with Gasteiger partial charge in [0.2, 0.25) is 0 Å². The second kappa shape index (κ2) is 9.92. The van der Waals surface area contributed by atoms with Gasteiger partial charge in [-0.3, -0.25) is 0 Å². The lowest BCUT2D eigenvalue weighted by Gasteiger charge is -2.08. The minimum Gasteiger partial charge on any atom is -0.383 e. The fourth-order valence-electron chi connectivity index (χ4n) is 1.54. The Morgan fingerprint density at radius 3 is 2.67 bits per heavy atom. The zero-order valence-corrected chi connectivity index (χ0v) is 13.8. The second-order valence-corrected chi connectivity index (χ2v) is 5.78. The van der Waals surface area contributed by atoms with Crippen LogP contribution in [-0.4, -0.2) is 33.4 Å². The van der Waals surface area contributed by atoms with Gasteiger partial charge >= 0.3 is 0 Å². The summed E-state index contributed by atoms with van der Waals surface area (Å²) in [4.78, 5) is 0. The van der Waals surface area contributed by atoms with E-state index < -0.39 is 0 Å². The molecule has 0 aliphatic rings. The summed E-state index contributed by atoms with van der Waals surface area (Å²) < 4.78 is 7.23. The topological polar surface area (TPSA) is 33.3 Å². The highest BCUT2D eigenvalue weighted by atomic mass is 79.9. The summed E-state index contributed by atoms with van der Waals surface area (Å²) in [5.74, 6) is 0. The van der Waals surface area contributed by atoms with Crippen molar-refractivity contribution in [2.45, 2.75) is 13.0 Å². The first-order valence-electron chi connectivity index (χ1n) is 6.08. The van der Waals surface area contributed by atoms with E-state index >= 15 is 0 Å². The van der Waals surface area contributed by atoms with E-state index in [4.69, 9.17) is 4.74 Å². The molecule has 0 fully saturated rings. The van der Waals surface area contributed by atoms with Gasteiger partial charge in [0.05, 0.1) is 6.61 Å². The zero-order valence-electron chi connectivity index (χ0n) is 10.6. The van der Waals surface area contributed by atoms with E-state index in [9.17, 15) is 0 Å². The molecule has 0 unspecified atom stereocenters. The van der Waals surface area contributed by atoms with Gasteiger partial charge in [-0.15, -0.1) is 0 Å². The molecule has 0 heterocycles. The van der Waals surface area contributed by atoms with Gasteiger partial charge in [0.15, 0.2) is 0 Å². The van der Waals surface area contributed by atoms with Crippen molar-refractivity contribution in [1.82, 2.24) is 10.6 Å². The third-order valence-electron chi connectivity index (χ3n) is 2.51. The van der Waals surface area contributed by atoms with Crippen molar-refractivity contribution in [2.75, 3.05) is 33.4 Å². The molecule has 0 aliphatic heterocycles. The summed E-state index contributed by atoms with van der Waals surface area (Å²) in [6.45, 7) is 4.62. The molecule has 0 saturated carbocycles. The van der Waals surface area contributed by atoms with Crippen molar-refractivity contribution >= 4 is 31.9 Å². The number of hydrogen-bond acceptors (Lipinski definition) is 3. The Bertz CT molecular complexity index is 348. The molecule has 0 saturated heterocycles. The van der Waals surface area contributed by atoms with E-state index in [-0.39, 0.29) is 0 Å². The standard InChI is InChI=1S/C13H20Br2N2O/c1-18-8-7-16-5-2-6-17-10-11-9-12(14)3-4-13(11)15/h3-4,9,16-17H,2,5-8,10H2,1H3. The normalized spacial score (nSPS) is 10.8. The summed E-state index contributed by atoms with van der Waals surface area (Å²) in [5, 5.41) is 6.76. The Kier molecular flexibility index (Phi) is 8.88. The summed E-state index contributed by atoms with van der Waals surface area (Å²) in [6.07, 6.45) is 1.12. The lowest BCUT2D eigenvalue weighted by molar-refractivity contribution is 0.199. The minimum absolute atomic E-state index is 0.776. The molecule has 0 atom stereocenters. The molecule has 18 heavy (non-hydrogen) atoms. The third kappa shape index (κ3) is 6.85. The van der Waals surface area contributed by atoms with Gasteiger partial charge in [0, 0.05) is 29.1 Å². The first-order chi connectivity index (χ1) is 8.74. The molecule has 0 radical (unpaired) electrons. The van der Waals surface area contributed by atoms with Crippen LogP contribution in [0.4, 0.5) is 0 Å². The fourth-order valence-corrected chi connectivity index (χ4v) is 2.33. The van der Waals surface area contributed by atoms with Gasteiger partial charge in [-0.1, -0.05) is 31.9 Å². The van der Waals surface area contributed by atoms with Crippen LogP contribution in [-0.2, 0) is 11.3 Å². The maximum Gasteiger partial charge on any atom is 0.0587 e. The smallest absolute Gasteiger partial charge is 0.0587 e. The molecule has 0 amide bonds. The van der Waals surface area contributed by atoms with Gasteiger partial charge < -0.3 is 15.4 Å². The Labute approximate surface area is 126 Å². The molecular weight excluding hydrogens is 360 g/mol. The molecule has 0 aliphatic carbocycles. The number of ether oxygens (including phenoxy) is 1. The highest BCUT2D eigenvalue weighted by Gasteiger charge is 1.99. The van der Waals surface area contributed by atoms with Crippen LogP contribution in [0.3, 0.4) is 0 Å². The summed E-state index contributed by atoms with van der Waals surface area (Å²) in [5.41, 5.74) is 1.27. The van der Waals surface area contributed by atoms with Gasteiger partial charge in [-0.05, 0) is 43.3 Å². The van der Waals surface area contributed by atoms with Gasteiger partial charge in [0.1, 0.15) is 0 Å². The summed E-state index contributed by atoms with van der Waals surface area (Å²) in [7, 11) is 1.72. The summed E-state index contributed by atoms with van der Waals surface area (Å²) in [6, 6.07) is 6.23. The quantitative estimate of drug-likeness (QED) is 0.647. The Morgan fingerprint density at radius 1 is 1.11 bits per heavy atom. The molecule has 2 N–H and O–H groups in total. The molecule has 3 nitrogen and oxygen atoms in total. The Balaban J connectivity index is 2.09. The average molecular weight is 380 g/mol. The highest BCUT2D eigenvalue weighted by molar-refractivity contribution is 9.11. The monoisotopic (exact) mass is 378 g/mol. The van der Waals surface area contributed by atoms with Gasteiger partial charge in [-0.25, -0.2) is 0 Å². The second-order valence-electron chi connectivity index (χ2n) is 4.01. The largest absolute Gasteiger partial charge is 0.383 e. The number of hydrogen-bond donors (Lipinski definition) is 2. The SMILES string of the molecule is COCCNCCCNCc1cc(Br)ccc1Br. The first-order valence-corrected chi connectivity index (χ1v) is 7.67. The predicted octanol–water partition coefficient (Wildman–Crippen LogP) is 2.93. The van der Waals surface area contributed by atoms with Crippen molar-refractivity contribution < 1.29 is 4.74 Å². The lowest BCUT2D eigenvalue weighted by atomic mass is 10.2. The first kappa shape index (κ1) is 16.1. The molecule has 5 heteroatoms. The van der Waals surface area contributed by atoms with E-state index in [0.717, 1.165) is 48.2 Å². The van der Waals surface area contributed by atoms with E-state index in [2.05, 4.69) is 54.6 Å². The maximum absolute atomic E-state index is 4.96. The van der Waals surface area contributed by atoms with Crippen LogP contribution in [0.15, 0.2) is 27.1 Å². The van der Waals surface area contributed by atoms with E-state index in [0.29, 0.717) is 0 Å².